The number of rotatable bonds is 1. The normalized spacial score (nSPS) is 11.9. The topological polar surface area (TPSA) is 31.0 Å². The summed E-state index contributed by atoms with van der Waals surface area (Å²) < 4.78 is 9.46. The Morgan fingerprint density at radius 3 is 2.44 bits per heavy atom. The Labute approximate surface area is 168 Å². The van der Waals surface area contributed by atoms with E-state index in [1.807, 2.05) is 18.3 Å². The van der Waals surface area contributed by atoms with E-state index in [4.69, 9.17) is 4.42 Å². The van der Waals surface area contributed by atoms with Crippen LogP contribution in [0, 0.1) is 3.57 Å². The number of para-hydroxylation sites is 1. The van der Waals surface area contributed by atoms with E-state index in [0.717, 1.165) is 38.8 Å². The number of hydrogen-bond donors (Lipinski definition) is 0. The molecule has 6 aromatic rings. The largest absolute Gasteiger partial charge is 0.456 e. The molecule has 0 bridgehead atoms. The van der Waals surface area contributed by atoms with Crippen LogP contribution in [0.4, 0.5) is 0 Å². The minimum Gasteiger partial charge on any atom is -0.456 e. The Hall–Kier alpha value is -2.86. The molecule has 0 N–H and O–H groups in total. The van der Waals surface area contributed by atoms with Gasteiger partial charge in [-0.25, -0.2) is 4.98 Å². The molecule has 0 fully saturated rings. The molecule has 0 saturated heterocycles. The van der Waals surface area contributed by atoms with Crippen LogP contribution in [0.25, 0.3) is 49.6 Å². The van der Waals surface area contributed by atoms with Crippen LogP contribution in [0.3, 0.4) is 0 Å². The molecule has 0 radical (unpaired) electrons. The zero-order valence-corrected chi connectivity index (χ0v) is 16.3. The van der Waals surface area contributed by atoms with Gasteiger partial charge in [0.15, 0.2) is 0 Å². The molecule has 0 amide bonds. The van der Waals surface area contributed by atoms with Crippen molar-refractivity contribution in [1.82, 2.24) is 9.55 Å². The van der Waals surface area contributed by atoms with E-state index in [2.05, 4.69) is 92.8 Å². The van der Waals surface area contributed by atoms with Crippen molar-refractivity contribution in [3.05, 3.63) is 82.6 Å². The van der Waals surface area contributed by atoms with Gasteiger partial charge in [-0.05, 0) is 77.2 Å². The summed E-state index contributed by atoms with van der Waals surface area (Å²) in [4.78, 5) is 4.68. The Kier molecular flexibility index (Phi) is 3.14. The number of furan rings is 1. The number of halogens is 1. The lowest BCUT2D eigenvalue weighted by atomic mass is 10.1. The minimum atomic E-state index is 0.907. The van der Waals surface area contributed by atoms with Gasteiger partial charge in [0, 0.05) is 37.0 Å². The van der Waals surface area contributed by atoms with E-state index in [1.165, 1.54) is 14.3 Å². The first-order valence-corrected chi connectivity index (χ1v) is 9.84. The molecule has 6 rings (SSSR count). The van der Waals surface area contributed by atoms with Crippen molar-refractivity contribution in [3.8, 4) is 5.69 Å². The van der Waals surface area contributed by atoms with Gasteiger partial charge in [-0.3, -0.25) is 4.57 Å². The van der Waals surface area contributed by atoms with Gasteiger partial charge in [0.2, 0.25) is 0 Å². The maximum Gasteiger partial charge on any atom is 0.145 e. The van der Waals surface area contributed by atoms with E-state index in [0.29, 0.717) is 0 Å². The summed E-state index contributed by atoms with van der Waals surface area (Å²) in [6.45, 7) is 0. The first kappa shape index (κ1) is 15.2. The summed E-state index contributed by atoms with van der Waals surface area (Å²) in [5, 5.41) is 4.66. The Morgan fingerprint density at radius 1 is 0.741 bits per heavy atom. The molecule has 0 aliphatic rings. The fourth-order valence-corrected chi connectivity index (χ4v) is 4.43. The second-order valence-corrected chi connectivity index (χ2v) is 7.90. The molecule has 0 aliphatic carbocycles. The predicted octanol–water partition coefficient (Wildman–Crippen LogP) is 6.68. The van der Waals surface area contributed by atoms with Crippen molar-refractivity contribution in [1.29, 1.82) is 0 Å². The summed E-state index contributed by atoms with van der Waals surface area (Å²) in [5.74, 6) is 0. The maximum atomic E-state index is 6.03. The number of pyridine rings is 1. The van der Waals surface area contributed by atoms with Gasteiger partial charge in [0.05, 0.1) is 5.52 Å². The van der Waals surface area contributed by atoms with Gasteiger partial charge in [-0.15, -0.1) is 0 Å². The molecule has 4 heteroatoms. The highest BCUT2D eigenvalue weighted by Gasteiger charge is 2.14. The van der Waals surface area contributed by atoms with Crippen molar-refractivity contribution < 1.29 is 4.42 Å². The van der Waals surface area contributed by atoms with Crippen molar-refractivity contribution in [2.45, 2.75) is 0 Å². The highest BCUT2D eigenvalue weighted by atomic mass is 127. The number of aromatic nitrogens is 2. The van der Waals surface area contributed by atoms with E-state index in [9.17, 15) is 0 Å². The summed E-state index contributed by atoms with van der Waals surface area (Å²) in [6, 6.07) is 25.2. The lowest BCUT2D eigenvalue weighted by Crippen LogP contribution is -1.94. The average molecular weight is 460 g/mol. The molecule has 27 heavy (non-hydrogen) atoms. The van der Waals surface area contributed by atoms with Gasteiger partial charge in [-0.2, -0.15) is 0 Å². The molecule has 3 aromatic carbocycles. The Balaban J connectivity index is 1.74. The molecule has 0 spiro atoms. The van der Waals surface area contributed by atoms with E-state index >= 15 is 0 Å². The van der Waals surface area contributed by atoms with Crippen molar-refractivity contribution in [3.63, 3.8) is 0 Å². The number of benzene rings is 3. The van der Waals surface area contributed by atoms with Crippen LogP contribution in [-0.2, 0) is 0 Å². The van der Waals surface area contributed by atoms with Gasteiger partial charge in [0.1, 0.15) is 16.8 Å². The van der Waals surface area contributed by atoms with E-state index in [-0.39, 0.29) is 0 Å². The third-order valence-corrected chi connectivity index (χ3v) is 5.78. The third kappa shape index (κ3) is 2.16. The van der Waals surface area contributed by atoms with Gasteiger partial charge < -0.3 is 4.42 Å². The molecular weight excluding hydrogens is 447 g/mol. The zero-order valence-electron chi connectivity index (χ0n) is 14.2. The highest BCUT2D eigenvalue weighted by molar-refractivity contribution is 14.1. The predicted molar refractivity (Wildman–Crippen MR) is 119 cm³/mol. The van der Waals surface area contributed by atoms with Crippen LogP contribution in [0.5, 0.6) is 0 Å². The minimum absolute atomic E-state index is 0.907. The number of hydrogen-bond acceptors (Lipinski definition) is 2. The van der Waals surface area contributed by atoms with Crippen LogP contribution in [0.1, 0.15) is 0 Å². The van der Waals surface area contributed by atoms with E-state index in [1.54, 1.807) is 0 Å². The molecule has 3 nitrogen and oxygen atoms in total. The summed E-state index contributed by atoms with van der Waals surface area (Å²) in [5.41, 5.74) is 5.05. The Bertz CT molecular complexity index is 1440. The highest BCUT2D eigenvalue weighted by Crippen LogP contribution is 2.35. The molecular formula is C23H13IN2O. The summed E-state index contributed by atoms with van der Waals surface area (Å²) in [6.07, 6.45) is 1.85. The van der Waals surface area contributed by atoms with Gasteiger partial charge in [0.25, 0.3) is 0 Å². The molecule has 0 aliphatic heterocycles. The second-order valence-electron chi connectivity index (χ2n) is 6.65. The van der Waals surface area contributed by atoms with Crippen LogP contribution < -0.4 is 0 Å². The Morgan fingerprint density at radius 2 is 1.52 bits per heavy atom. The standard InChI is InChI=1S/C23H13IN2O/c24-14-7-9-21-18(12-14)19-13-15(8-10-22(19)27-21)26-20-6-2-1-4-16(20)17-5-3-11-25-23(17)26/h1-13H. The first-order valence-electron chi connectivity index (χ1n) is 8.76. The number of fused-ring (bicyclic) bond motifs is 6. The molecule has 128 valence electrons. The molecule has 0 unspecified atom stereocenters. The van der Waals surface area contributed by atoms with Crippen LogP contribution >= 0.6 is 22.6 Å². The van der Waals surface area contributed by atoms with Gasteiger partial charge in [-0.1, -0.05) is 18.2 Å². The zero-order chi connectivity index (χ0) is 18.0. The molecule has 3 aromatic heterocycles. The fourth-order valence-electron chi connectivity index (χ4n) is 3.93. The molecule has 0 saturated carbocycles. The second kappa shape index (κ2) is 5.57. The molecule has 3 heterocycles. The van der Waals surface area contributed by atoms with Crippen molar-refractivity contribution >= 4 is 66.5 Å². The number of nitrogens with zero attached hydrogens (tertiary/aromatic N) is 2. The van der Waals surface area contributed by atoms with E-state index < -0.39 is 0 Å². The third-order valence-electron chi connectivity index (χ3n) is 5.11. The lowest BCUT2D eigenvalue weighted by molar-refractivity contribution is 0.669. The smallest absolute Gasteiger partial charge is 0.145 e. The quantitative estimate of drug-likeness (QED) is 0.256. The molecule has 0 atom stereocenters. The van der Waals surface area contributed by atoms with Crippen molar-refractivity contribution in [2.75, 3.05) is 0 Å². The van der Waals surface area contributed by atoms with Crippen LogP contribution in [-0.4, -0.2) is 9.55 Å². The maximum absolute atomic E-state index is 6.03. The van der Waals surface area contributed by atoms with Crippen molar-refractivity contribution in [2.24, 2.45) is 0 Å². The van der Waals surface area contributed by atoms with Gasteiger partial charge >= 0.3 is 0 Å². The summed E-state index contributed by atoms with van der Waals surface area (Å²) in [7, 11) is 0. The average Bonchev–Trinajstić information content (AvgIpc) is 3.23. The monoisotopic (exact) mass is 460 g/mol. The lowest BCUT2D eigenvalue weighted by Gasteiger charge is -2.07. The summed E-state index contributed by atoms with van der Waals surface area (Å²) >= 11 is 2.34. The SMILES string of the molecule is Ic1ccc2oc3ccc(-n4c5ccccc5c5cccnc54)cc3c2c1. The fraction of sp³-hybridized carbons (Fsp3) is 0. The first-order chi connectivity index (χ1) is 13.3. The van der Waals surface area contributed by atoms with Crippen LogP contribution in [0.2, 0.25) is 0 Å². The van der Waals surface area contributed by atoms with Crippen LogP contribution in [0.15, 0.2) is 83.4 Å².